The zero-order valence-electron chi connectivity index (χ0n) is 10.0. The molecule has 0 aliphatic rings. The minimum atomic E-state index is 0.606. The van der Waals surface area contributed by atoms with Crippen LogP contribution in [0.4, 0.5) is 5.95 Å². The molecule has 1 N–H and O–H groups in total. The van der Waals surface area contributed by atoms with Crippen molar-refractivity contribution in [2.75, 3.05) is 11.9 Å². The first-order valence-corrected chi connectivity index (χ1v) is 6.78. The lowest BCUT2D eigenvalue weighted by molar-refractivity contribution is 0.683. The highest BCUT2D eigenvalue weighted by Gasteiger charge is 2.07. The van der Waals surface area contributed by atoms with E-state index in [2.05, 4.69) is 63.4 Å². The fraction of sp³-hybridized carbons (Fsp3) is 0.308. The summed E-state index contributed by atoms with van der Waals surface area (Å²) in [6, 6.07) is 8.29. The van der Waals surface area contributed by atoms with Gasteiger partial charge in [-0.15, -0.1) is 0 Å². The molecule has 0 aliphatic carbocycles. The lowest BCUT2D eigenvalue weighted by Crippen LogP contribution is -2.12. The van der Waals surface area contributed by atoms with Crippen LogP contribution in [0.25, 0.3) is 5.69 Å². The molecule has 90 valence electrons. The molecule has 1 aromatic heterocycles. The van der Waals surface area contributed by atoms with Crippen LogP contribution in [0, 0.1) is 9.49 Å². The van der Waals surface area contributed by atoms with E-state index in [1.165, 1.54) is 3.57 Å². The first kappa shape index (κ1) is 12.4. The molecule has 1 aromatic carbocycles. The maximum Gasteiger partial charge on any atom is 0.207 e. The molecular formula is C13H16IN3. The molecule has 0 bridgehead atoms. The van der Waals surface area contributed by atoms with Crippen molar-refractivity contribution in [3.63, 3.8) is 0 Å². The number of para-hydroxylation sites is 1. The normalized spacial score (nSPS) is 10.8. The molecule has 0 atom stereocenters. The summed E-state index contributed by atoms with van der Waals surface area (Å²) in [5, 5.41) is 3.37. The topological polar surface area (TPSA) is 29.9 Å². The first-order valence-electron chi connectivity index (χ1n) is 5.70. The summed E-state index contributed by atoms with van der Waals surface area (Å²) in [6.07, 6.45) is 3.81. The number of nitrogens with one attached hydrogen (secondary N) is 1. The van der Waals surface area contributed by atoms with Crippen molar-refractivity contribution in [1.82, 2.24) is 9.55 Å². The summed E-state index contributed by atoms with van der Waals surface area (Å²) < 4.78 is 3.31. The van der Waals surface area contributed by atoms with Crippen LogP contribution in [0.15, 0.2) is 36.7 Å². The second kappa shape index (κ2) is 5.53. The van der Waals surface area contributed by atoms with Crippen LogP contribution >= 0.6 is 22.6 Å². The zero-order chi connectivity index (χ0) is 12.3. The fourth-order valence-electron chi connectivity index (χ4n) is 1.57. The van der Waals surface area contributed by atoms with Gasteiger partial charge in [-0.2, -0.15) is 0 Å². The Kier molecular flexibility index (Phi) is 4.04. The minimum Gasteiger partial charge on any atom is -0.355 e. The molecule has 3 nitrogen and oxygen atoms in total. The molecule has 0 fully saturated rings. The summed E-state index contributed by atoms with van der Waals surface area (Å²) in [6.45, 7) is 5.31. The van der Waals surface area contributed by atoms with Gasteiger partial charge in [-0.25, -0.2) is 4.98 Å². The molecule has 0 aliphatic heterocycles. The zero-order valence-corrected chi connectivity index (χ0v) is 12.2. The second-order valence-electron chi connectivity index (χ2n) is 4.35. The van der Waals surface area contributed by atoms with Crippen molar-refractivity contribution in [2.24, 2.45) is 5.92 Å². The number of aromatic nitrogens is 2. The van der Waals surface area contributed by atoms with Crippen LogP contribution in [0.1, 0.15) is 13.8 Å². The standard InChI is InChI=1S/C13H16IN3/c1-10(2)9-16-13-15-7-8-17(13)12-6-4-3-5-11(12)14/h3-8,10H,9H2,1-2H3,(H,15,16). The average Bonchev–Trinajstić information content (AvgIpc) is 2.75. The van der Waals surface area contributed by atoms with E-state index in [0.29, 0.717) is 5.92 Å². The number of benzene rings is 1. The smallest absolute Gasteiger partial charge is 0.207 e. The lowest BCUT2D eigenvalue weighted by Gasteiger charge is -2.12. The highest BCUT2D eigenvalue weighted by molar-refractivity contribution is 14.1. The molecule has 0 unspecified atom stereocenters. The molecule has 0 spiro atoms. The van der Waals surface area contributed by atoms with E-state index in [9.17, 15) is 0 Å². The second-order valence-corrected chi connectivity index (χ2v) is 5.51. The Morgan fingerprint density at radius 1 is 1.35 bits per heavy atom. The lowest BCUT2D eigenvalue weighted by atomic mass is 10.2. The molecule has 0 radical (unpaired) electrons. The SMILES string of the molecule is CC(C)CNc1nccn1-c1ccccc1I. The van der Waals surface area contributed by atoms with E-state index in [1.807, 2.05) is 24.5 Å². The molecule has 2 aromatic rings. The van der Waals surface area contributed by atoms with Crippen molar-refractivity contribution < 1.29 is 0 Å². The number of rotatable bonds is 4. The van der Waals surface area contributed by atoms with Gasteiger partial charge in [-0.1, -0.05) is 26.0 Å². The third kappa shape index (κ3) is 3.00. The highest BCUT2D eigenvalue weighted by atomic mass is 127. The van der Waals surface area contributed by atoms with Gasteiger partial charge in [0.2, 0.25) is 5.95 Å². The van der Waals surface area contributed by atoms with E-state index in [1.54, 1.807) is 0 Å². The largest absolute Gasteiger partial charge is 0.355 e. The first-order chi connectivity index (χ1) is 8.18. The van der Waals surface area contributed by atoms with Crippen molar-refractivity contribution >= 4 is 28.5 Å². The number of nitrogens with zero attached hydrogens (tertiary/aromatic N) is 2. The molecule has 4 heteroatoms. The van der Waals surface area contributed by atoms with Crippen LogP contribution < -0.4 is 5.32 Å². The van der Waals surface area contributed by atoms with Crippen LogP contribution in [-0.2, 0) is 0 Å². The fourth-order valence-corrected chi connectivity index (χ4v) is 2.22. The predicted octanol–water partition coefficient (Wildman–Crippen LogP) is 3.54. The predicted molar refractivity (Wildman–Crippen MR) is 79.6 cm³/mol. The van der Waals surface area contributed by atoms with Crippen molar-refractivity contribution in [3.8, 4) is 5.69 Å². The molecule has 0 saturated carbocycles. The number of hydrogen-bond acceptors (Lipinski definition) is 2. The summed E-state index contributed by atoms with van der Waals surface area (Å²) in [5.41, 5.74) is 1.16. The Bertz CT molecular complexity index is 491. The Balaban J connectivity index is 2.28. The Hall–Kier alpha value is -1.04. The number of hydrogen-bond donors (Lipinski definition) is 1. The monoisotopic (exact) mass is 341 g/mol. The Labute approximate surface area is 115 Å². The molecule has 17 heavy (non-hydrogen) atoms. The van der Waals surface area contributed by atoms with E-state index in [4.69, 9.17) is 0 Å². The van der Waals surface area contributed by atoms with E-state index < -0.39 is 0 Å². The molecular weight excluding hydrogens is 325 g/mol. The van der Waals surface area contributed by atoms with Gasteiger partial charge in [0.15, 0.2) is 0 Å². The van der Waals surface area contributed by atoms with Crippen molar-refractivity contribution in [2.45, 2.75) is 13.8 Å². The van der Waals surface area contributed by atoms with Gasteiger partial charge in [0.25, 0.3) is 0 Å². The van der Waals surface area contributed by atoms with Gasteiger partial charge < -0.3 is 5.32 Å². The van der Waals surface area contributed by atoms with Crippen LogP contribution in [0.2, 0.25) is 0 Å². The molecule has 0 amide bonds. The number of anilines is 1. The van der Waals surface area contributed by atoms with Crippen LogP contribution in [0.3, 0.4) is 0 Å². The van der Waals surface area contributed by atoms with Gasteiger partial charge >= 0.3 is 0 Å². The minimum absolute atomic E-state index is 0.606. The van der Waals surface area contributed by atoms with Crippen molar-refractivity contribution in [1.29, 1.82) is 0 Å². The van der Waals surface area contributed by atoms with Gasteiger partial charge in [0, 0.05) is 22.5 Å². The van der Waals surface area contributed by atoms with Gasteiger partial charge in [0.05, 0.1) is 5.69 Å². The van der Waals surface area contributed by atoms with E-state index >= 15 is 0 Å². The van der Waals surface area contributed by atoms with E-state index in [-0.39, 0.29) is 0 Å². The highest BCUT2D eigenvalue weighted by Crippen LogP contribution is 2.20. The van der Waals surface area contributed by atoms with Gasteiger partial charge in [-0.3, -0.25) is 4.57 Å². The Morgan fingerprint density at radius 3 is 2.82 bits per heavy atom. The Morgan fingerprint density at radius 2 is 2.12 bits per heavy atom. The summed E-state index contributed by atoms with van der Waals surface area (Å²) in [4.78, 5) is 4.35. The third-order valence-electron chi connectivity index (χ3n) is 2.42. The summed E-state index contributed by atoms with van der Waals surface area (Å²) in [5.74, 6) is 1.51. The van der Waals surface area contributed by atoms with Gasteiger partial charge in [0.1, 0.15) is 0 Å². The summed E-state index contributed by atoms with van der Waals surface area (Å²) >= 11 is 2.34. The number of imidazole rings is 1. The average molecular weight is 341 g/mol. The third-order valence-corrected chi connectivity index (χ3v) is 3.33. The molecule has 0 saturated heterocycles. The van der Waals surface area contributed by atoms with Crippen molar-refractivity contribution in [3.05, 3.63) is 40.2 Å². The van der Waals surface area contributed by atoms with Gasteiger partial charge in [-0.05, 0) is 40.6 Å². The quantitative estimate of drug-likeness (QED) is 0.862. The summed E-state index contributed by atoms with van der Waals surface area (Å²) in [7, 11) is 0. The van der Waals surface area contributed by atoms with E-state index in [0.717, 1.165) is 18.2 Å². The van der Waals surface area contributed by atoms with Crippen LogP contribution in [0.5, 0.6) is 0 Å². The molecule has 2 rings (SSSR count). The number of halogens is 1. The van der Waals surface area contributed by atoms with Crippen LogP contribution in [-0.4, -0.2) is 16.1 Å². The molecule has 1 heterocycles. The maximum absolute atomic E-state index is 4.35. The maximum atomic E-state index is 4.35.